The van der Waals surface area contributed by atoms with Crippen LogP contribution in [0.5, 0.6) is 5.75 Å². The summed E-state index contributed by atoms with van der Waals surface area (Å²) in [5.74, 6) is -1.13. The van der Waals surface area contributed by atoms with Crippen molar-refractivity contribution in [1.29, 1.82) is 0 Å². The van der Waals surface area contributed by atoms with Gasteiger partial charge in [0.2, 0.25) is 0 Å². The first-order chi connectivity index (χ1) is 8.58. The van der Waals surface area contributed by atoms with Crippen molar-refractivity contribution in [2.45, 2.75) is 5.92 Å². The van der Waals surface area contributed by atoms with Crippen LogP contribution in [0, 0.1) is 0 Å². The summed E-state index contributed by atoms with van der Waals surface area (Å²) in [7, 11) is 3.44. The van der Waals surface area contributed by atoms with Gasteiger partial charge in [-0.05, 0) is 18.2 Å². The Kier molecular flexibility index (Phi) is 3.25. The van der Waals surface area contributed by atoms with E-state index in [2.05, 4.69) is 0 Å². The maximum atomic E-state index is 11.2. The summed E-state index contributed by atoms with van der Waals surface area (Å²) >= 11 is 0. The van der Waals surface area contributed by atoms with E-state index < -0.39 is 11.9 Å². The van der Waals surface area contributed by atoms with Crippen LogP contribution in [0.4, 0.5) is 0 Å². The molecule has 5 nitrogen and oxygen atoms in total. The van der Waals surface area contributed by atoms with Crippen LogP contribution in [-0.4, -0.2) is 29.3 Å². The molecule has 0 fully saturated rings. The summed E-state index contributed by atoms with van der Waals surface area (Å²) < 4.78 is 7.21. The topological polar surface area (TPSA) is 77.5 Å². The van der Waals surface area contributed by atoms with Crippen LogP contribution < -0.4 is 10.5 Å². The molecule has 0 aliphatic heterocycles. The van der Waals surface area contributed by atoms with Crippen LogP contribution in [0.1, 0.15) is 11.5 Å². The zero-order chi connectivity index (χ0) is 13.3. The Labute approximate surface area is 105 Å². The van der Waals surface area contributed by atoms with Gasteiger partial charge in [0.1, 0.15) is 5.75 Å². The Morgan fingerprint density at radius 3 is 2.83 bits per heavy atom. The van der Waals surface area contributed by atoms with E-state index >= 15 is 0 Å². The van der Waals surface area contributed by atoms with Crippen molar-refractivity contribution in [3.8, 4) is 5.75 Å². The molecule has 96 valence electrons. The van der Waals surface area contributed by atoms with Gasteiger partial charge in [-0.2, -0.15) is 0 Å². The average molecular weight is 248 g/mol. The summed E-state index contributed by atoms with van der Waals surface area (Å²) in [6.07, 6.45) is 1.92. The van der Waals surface area contributed by atoms with Crippen molar-refractivity contribution in [2.24, 2.45) is 12.8 Å². The van der Waals surface area contributed by atoms with E-state index in [1.807, 2.05) is 36.0 Å². The van der Waals surface area contributed by atoms with Gasteiger partial charge >= 0.3 is 5.97 Å². The average Bonchev–Trinajstić information content (AvgIpc) is 2.70. The number of carbonyl (C=O) groups is 1. The van der Waals surface area contributed by atoms with Crippen LogP contribution >= 0.6 is 0 Å². The molecule has 2 aromatic rings. The third kappa shape index (κ3) is 1.93. The predicted molar refractivity (Wildman–Crippen MR) is 68.9 cm³/mol. The molecule has 3 N–H and O–H groups in total. The zero-order valence-electron chi connectivity index (χ0n) is 10.4. The van der Waals surface area contributed by atoms with Crippen LogP contribution in [0.3, 0.4) is 0 Å². The van der Waals surface area contributed by atoms with Gasteiger partial charge in [-0.25, -0.2) is 0 Å². The summed E-state index contributed by atoms with van der Waals surface area (Å²) in [6, 6.07) is 5.63. The lowest BCUT2D eigenvalue weighted by Gasteiger charge is -2.15. The number of hydrogen-bond acceptors (Lipinski definition) is 3. The molecule has 1 aromatic carbocycles. The number of aromatic nitrogens is 1. The van der Waals surface area contributed by atoms with E-state index in [1.165, 1.54) is 7.11 Å². The molecule has 1 unspecified atom stereocenters. The van der Waals surface area contributed by atoms with Gasteiger partial charge in [-0.1, -0.05) is 0 Å². The standard InChI is InChI=1S/C13H16N2O3/c1-15-4-3-8-5-12(18-2)9(6-11(8)15)10(7-14)13(16)17/h3-6,10H,7,14H2,1-2H3,(H,16,17). The Morgan fingerprint density at radius 2 is 2.28 bits per heavy atom. The minimum atomic E-state index is -0.940. The fraction of sp³-hybridized carbons (Fsp3) is 0.308. The molecule has 0 aliphatic rings. The Balaban J connectivity index is 2.66. The van der Waals surface area contributed by atoms with Crippen LogP contribution in [0.15, 0.2) is 24.4 Å². The van der Waals surface area contributed by atoms with E-state index in [1.54, 1.807) is 0 Å². The second-order valence-corrected chi connectivity index (χ2v) is 4.21. The molecule has 0 aliphatic carbocycles. The maximum absolute atomic E-state index is 11.2. The first-order valence-electron chi connectivity index (χ1n) is 5.64. The number of nitrogens with zero attached hydrogens (tertiary/aromatic N) is 1. The largest absolute Gasteiger partial charge is 0.496 e. The smallest absolute Gasteiger partial charge is 0.312 e. The number of benzene rings is 1. The number of aliphatic carboxylic acids is 1. The van der Waals surface area contributed by atoms with Gasteiger partial charge in [0, 0.05) is 36.3 Å². The minimum absolute atomic E-state index is 0.0433. The number of ether oxygens (including phenoxy) is 1. The summed E-state index contributed by atoms with van der Waals surface area (Å²) in [5, 5.41) is 10.2. The second kappa shape index (κ2) is 4.70. The van der Waals surface area contributed by atoms with Gasteiger partial charge in [0.05, 0.1) is 13.0 Å². The quantitative estimate of drug-likeness (QED) is 0.855. The SMILES string of the molecule is COc1cc2ccn(C)c2cc1C(CN)C(=O)O. The Bertz CT molecular complexity index is 589. The molecule has 1 heterocycles. The van der Waals surface area contributed by atoms with Crippen LogP contribution in [0.25, 0.3) is 10.9 Å². The summed E-state index contributed by atoms with van der Waals surface area (Å²) in [5.41, 5.74) is 7.12. The molecular formula is C13H16N2O3. The monoisotopic (exact) mass is 248 g/mol. The van der Waals surface area contributed by atoms with E-state index in [0.29, 0.717) is 11.3 Å². The van der Waals surface area contributed by atoms with E-state index in [0.717, 1.165) is 10.9 Å². The van der Waals surface area contributed by atoms with Gasteiger partial charge in [-0.3, -0.25) is 4.79 Å². The highest BCUT2D eigenvalue weighted by molar-refractivity contribution is 5.86. The number of rotatable bonds is 4. The number of hydrogen-bond donors (Lipinski definition) is 2. The Hall–Kier alpha value is -2.01. The van der Waals surface area contributed by atoms with Crippen molar-refractivity contribution in [1.82, 2.24) is 4.57 Å². The number of methoxy groups -OCH3 is 1. The first kappa shape index (κ1) is 12.4. The molecule has 1 atom stereocenters. The minimum Gasteiger partial charge on any atom is -0.496 e. The molecule has 2 rings (SSSR count). The lowest BCUT2D eigenvalue weighted by molar-refractivity contribution is -0.138. The predicted octanol–water partition coefficient (Wildman–Crippen LogP) is 1.31. The Morgan fingerprint density at radius 1 is 1.56 bits per heavy atom. The number of aryl methyl sites for hydroxylation is 1. The third-order valence-corrected chi connectivity index (χ3v) is 3.15. The number of carboxylic acids is 1. The van der Waals surface area contributed by atoms with Gasteiger partial charge < -0.3 is 20.1 Å². The van der Waals surface area contributed by atoms with Crippen molar-refractivity contribution < 1.29 is 14.6 Å². The number of fused-ring (bicyclic) bond motifs is 1. The van der Waals surface area contributed by atoms with Gasteiger partial charge in [0.15, 0.2) is 0 Å². The van der Waals surface area contributed by atoms with E-state index in [4.69, 9.17) is 10.5 Å². The number of carboxylic acid groups (broad SMARTS) is 1. The number of nitrogens with two attached hydrogens (primary N) is 1. The maximum Gasteiger partial charge on any atom is 0.312 e. The molecule has 0 saturated heterocycles. The van der Waals surface area contributed by atoms with Gasteiger partial charge in [-0.15, -0.1) is 0 Å². The lowest BCUT2D eigenvalue weighted by Crippen LogP contribution is -2.21. The van der Waals surface area contributed by atoms with Crippen molar-refractivity contribution in [3.63, 3.8) is 0 Å². The molecule has 0 saturated carbocycles. The highest BCUT2D eigenvalue weighted by atomic mass is 16.5. The lowest BCUT2D eigenvalue weighted by atomic mass is 9.97. The molecule has 18 heavy (non-hydrogen) atoms. The highest BCUT2D eigenvalue weighted by Crippen LogP contribution is 2.31. The third-order valence-electron chi connectivity index (χ3n) is 3.15. The molecule has 0 radical (unpaired) electrons. The fourth-order valence-corrected chi connectivity index (χ4v) is 2.12. The molecule has 1 aromatic heterocycles. The van der Waals surface area contributed by atoms with Crippen LogP contribution in [-0.2, 0) is 11.8 Å². The fourth-order valence-electron chi connectivity index (χ4n) is 2.12. The summed E-state index contributed by atoms with van der Waals surface area (Å²) in [6.45, 7) is 0.0433. The van der Waals surface area contributed by atoms with Crippen molar-refractivity contribution in [3.05, 3.63) is 30.0 Å². The second-order valence-electron chi connectivity index (χ2n) is 4.21. The van der Waals surface area contributed by atoms with Crippen molar-refractivity contribution in [2.75, 3.05) is 13.7 Å². The summed E-state index contributed by atoms with van der Waals surface area (Å²) in [4.78, 5) is 11.2. The zero-order valence-corrected chi connectivity index (χ0v) is 10.4. The van der Waals surface area contributed by atoms with Gasteiger partial charge in [0.25, 0.3) is 0 Å². The normalized spacial score (nSPS) is 12.6. The first-order valence-corrected chi connectivity index (χ1v) is 5.64. The molecular weight excluding hydrogens is 232 g/mol. The van der Waals surface area contributed by atoms with Crippen molar-refractivity contribution >= 4 is 16.9 Å². The molecule has 5 heteroatoms. The van der Waals surface area contributed by atoms with Crippen LogP contribution in [0.2, 0.25) is 0 Å². The molecule has 0 amide bonds. The highest BCUT2D eigenvalue weighted by Gasteiger charge is 2.23. The van der Waals surface area contributed by atoms with E-state index in [9.17, 15) is 9.90 Å². The molecule has 0 bridgehead atoms. The molecule has 0 spiro atoms. The van der Waals surface area contributed by atoms with E-state index in [-0.39, 0.29) is 6.54 Å².